The molecule has 0 aliphatic carbocycles. The van der Waals surface area contributed by atoms with Crippen molar-refractivity contribution in [1.29, 1.82) is 0 Å². The first-order valence-corrected chi connectivity index (χ1v) is 5.74. The molecular weight excluding hydrogens is 246 g/mol. The van der Waals surface area contributed by atoms with Crippen LogP contribution in [0, 0.1) is 6.92 Å². The third kappa shape index (κ3) is 2.85. The maximum atomic E-state index is 12.1. The number of nitrogen functional groups attached to an aromatic ring is 1. The number of amides is 1. The molecule has 1 aromatic carbocycles. The fraction of sp³-hybridized carbons (Fsp3) is 0.231. The molecule has 1 heterocycles. The van der Waals surface area contributed by atoms with E-state index in [2.05, 4.69) is 10.5 Å². The molecule has 0 fully saturated rings. The van der Waals surface area contributed by atoms with E-state index in [0.29, 0.717) is 22.8 Å². The van der Waals surface area contributed by atoms with Gasteiger partial charge in [-0.2, -0.15) is 0 Å². The summed E-state index contributed by atoms with van der Waals surface area (Å²) in [7, 11) is 1.49. The molecule has 100 valence electrons. The number of nitrogens with two attached hydrogens (primary N) is 1. The zero-order valence-electron chi connectivity index (χ0n) is 10.8. The van der Waals surface area contributed by atoms with Gasteiger partial charge in [0, 0.05) is 11.8 Å². The van der Waals surface area contributed by atoms with Gasteiger partial charge in [0.1, 0.15) is 11.3 Å². The number of ether oxygens (including phenoxy) is 1. The Balaban J connectivity index is 2.12. The standard InChI is InChI=1S/C13H15N3O3/c1-8-6-9(19-16-8)7-15-13(17)12-10(14)4-3-5-11(12)18-2/h3-6H,7,14H2,1-2H3,(H,15,17). The van der Waals surface area contributed by atoms with Crippen LogP contribution in [0.15, 0.2) is 28.8 Å². The van der Waals surface area contributed by atoms with Crippen molar-refractivity contribution in [1.82, 2.24) is 10.5 Å². The summed E-state index contributed by atoms with van der Waals surface area (Å²) in [6.45, 7) is 2.06. The topological polar surface area (TPSA) is 90.4 Å². The number of carbonyl (C=O) groups is 1. The first kappa shape index (κ1) is 12.9. The van der Waals surface area contributed by atoms with E-state index in [1.54, 1.807) is 24.3 Å². The molecule has 19 heavy (non-hydrogen) atoms. The van der Waals surface area contributed by atoms with E-state index in [1.165, 1.54) is 7.11 Å². The number of benzene rings is 1. The second-order valence-electron chi connectivity index (χ2n) is 4.04. The van der Waals surface area contributed by atoms with Gasteiger partial charge in [-0.05, 0) is 19.1 Å². The molecule has 0 bridgehead atoms. The first-order chi connectivity index (χ1) is 9.11. The van der Waals surface area contributed by atoms with E-state index in [-0.39, 0.29) is 12.5 Å². The van der Waals surface area contributed by atoms with E-state index in [0.717, 1.165) is 5.69 Å². The number of hydrogen-bond acceptors (Lipinski definition) is 5. The lowest BCUT2D eigenvalue weighted by molar-refractivity contribution is 0.0945. The van der Waals surface area contributed by atoms with Gasteiger partial charge in [0.05, 0.1) is 19.3 Å². The van der Waals surface area contributed by atoms with Gasteiger partial charge >= 0.3 is 0 Å². The molecule has 0 radical (unpaired) electrons. The van der Waals surface area contributed by atoms with Gasteiger partial charge in [-0.1, -0.05) is 11.2 Å². The van der Waals surface area contributed by atoms with Crippen LogP contribution in [0.3, 0.4) is 0 Å². The molecule has 6 heteroatoms. The number of nitrogens with one attached hydrogen (secondary N) is 1. The third-order valence-corrected chi connectivity index (χ3v) is 2.61. The Morgan fingerprint density at radius 3 is 2.95 bits per heavy atom. The first-order valence-electron chi connectivity index (χ1n) is 5.74. The molecule has 0 saturated carbocycles. The third-order valence-electron chi connectivity index (χ3n) is 2.61. The predicted octanol–water partition coefficient (Wildman–Crippen LogP) is 1.50. The number of anilines is 1. The fourth-order valence-corrected chi connectivity index (χ4v) is 1.72. The van der Waals surface area contributed by atoms with Crippen molar-refractivity contribution in [3.8, 4) is 5.75 Å². The molecule has 2 rings (SSSR count). The summed E-state index contributed by atoms with van der Waals surface area (Å²) in [6.07, 6.45) is 0. The summed E-state index contributed by atoms with van der Waals surface area (Å²) in [6, 6.07) is 6.82. The van der Waals surface area contributed by atoms with Crippen molar-refractivity contribution >= 4 is 11.6 Å². The number of rotatable bonds is 4. The SMILES string of the molecule is COc1cccc(N)c1C(=O)NCc1cc(C)no1. The van der Waals surface area contributed by atoms with Gasteiger partial charge in [-0.25, -0.2) is 0 Å². The van der Waals surface area contributed by atoms with E-state index in [9.17, 15) is 4.79 Å². The molecule has 2 aromatic rings. The van der Waals surface area contributed by atoms with Gasteiger partial charge in [-0.15, -0.1) is 0 Å². The van der Waals surface area contributed by atoms with Crippen LogP contribution in [0.4, 0.5) is 5.69 Å². The minimum atomic E-state index is -0.316. The number of aryl methyl sites for hydroxylation is 1. The van der Waals surface area contributed by atoms with Gasteiger partial charge in [-0.3, -0.25) is 4.79 Å². The van der Waals surface area contributed by atoms with Gasteiger partial charge in [0.15, 0.2) is 5.76 Å². The van der Waals surface area contributed by atoms with Crippen LogP contribution < -0.4 is 15.8 Å². The maximum absolute atomic E-state index is 12.1. The lowest BCUT2D eigenvalue weighted by Gasteiger charge is -2.10. The number of carbonyl (C=O) groups excluding carboxylic acids is 1. The summed E-state index contributed by atoms with van der Waals surface area (Å²) in [5.74, 6) is 0.703. The molecule has 0 unspecified atom stereocenters. The summed E-state index contributed by atoms with van der Waals surface area (Å²) in [4.78, 5) is 12.1. The molecule has 0 atom stereocenters. The fourth-order valence-electron chi connectivity index (χ4n) is 1.72. The van der Waals surface area contributed by atoms with E-state index in [4.69, 9.17) is 15.0 Å². The molecule has 3 N–H and O–H groups in total. The lowest BCUT2D eigenvalue weighted by atomic mass is 10.1. The molecule has 1 aromatic heterocycles. The van der Waals surface area contributed by atoms with Gasteiger partial charge in [0.25, 0.3) is 5.91 Å². The Hall–Kier alpha value is -2.50. The van der Waals surface area contributed by atoms with Gasteiger partial charge < -0.3 is 20.3 Å². The van der Waals surface area contributed by atoms with Crippen molar-refractivity contribution < 1.29 is 14.1 Å². The summed E-state index contributed by atoms with van der Waals surface area (Å²) in [5, 5.41) is 6.45. The van der Waals surface area contributed by atoms with Crippen LogP contribution in [0.25, 0.3) is 0 Å². The summed E-state index contributed by atoms with van der Waals surface area (Å²) < 4.78 is 10.1. The average Bonchev–Trinajstić information content (AvgIpc) is 2.81. The van der Waals surface area contributed by atoms with E-state index >= 15 is 0 Å². The van der Waals surface area contributed by atoms with E-state index in [1.807, 2.05) is 6.92 Å². The van der Waals surface area contributed by atoms with Crippen LogP contribution in [0.2, 0.25) is 0 Å². The van der Waals surface area contributed by atoms with Crippen molar-refractivity contribution in [2.24, 2.45) is 0 Å². The highest BCUT2D eigenvalue weighted by Gasteiger charge is 2.15. The minimum absolute atomic E-state index is 0.247. The summed E-state index contributed by atoms with van der Waals surface area (Å²) >= 11 is 0. The minimum Gasteiger partial charge on any atom is -0.496 e. The smallest absolute Gasteiger partial charge is 0.257 e. The monoisotopic (exact) mass is 261 g/mol. The van der Waals surface area contributed by atoms with E-state index < -0.39 is 0 Å². The molecule has 0 saturated heterocycles. The number of aromatic nitrogens is 1. The molecule has 6 nitrogen and oxygen atoms in total. The molecule has 0 aliphatic rings. The molecular formula is C13H15N3O3. The second kappa shape index (κ2) is 5.43. The highest BCUT2D eigenvalue weighted by Crippen LogP contribution is 2.23. The van der Waals surface area contributed by atoms with Crippen molar-refractivity contribution in [2.75, 3.05) is 12.8 Å². The van der Waals surface area contributed by atoms with Crippen LogP contribution in [-0.2, 0) is 6.54 Å². The van der Waals surface area contributed by atoms with Crippen molar-refractivity contribution in [2.45, 2.75) is 13.5 Å². The van der Waals surface area contributed by atoms with Crippen molar-refractivity contribution in [3.63, 3.8) is 0 Å². The maximum Gasteiger partial charge on any atom is 0.257 e. The number of hydrogen-bond donors (Lipinski definition) is 2. The Bertz CT molecular complexity index is 593. The largest absolute Gasteiger partial charge is 0.496 e. The van der Waals surface area contributed by atoms with Crippen LogP contribution in [0.1, 0.15) is 21.8 Å². The zero-order chi connectivity index (χ0) is 13.8. The zero-order valence-corrected chi connectivity index (χ0v) is 10.8. The van der Waals surface area contributed by atoms with Crippen molar-refractivity contribution in [3.05, 3.63) is 41.3 Å². The number of nitrogens with zero attached hydrogens (tertiary/aromatic N) is 1. The molecule has 1 amide bonds. The highest BCUT2D eigenvalue weighted by atomic mass is 16.5. The highest BCUT2D eigenvalue weighted by molar-refractivity contribution is 6.01. The Morgan fingerprint density at radius 1 is 1.53 bits per heavy atom. The summed E-state index contributed by atoms with van der Waals surface area (Å²) in [5.41, 5.74) is 7.25. The Labute approximate surface area is 110 Å². The van der Waals surface area contributed by atoms with Crippen LogP contribution in [0.5, 0.6) is 5.75 Å². The molecule has 0 spiro atoms. The second-order valence-corrected chi connectivity index (χ2v) is 4.04. The Morgan fingerprint density at radius 2 is 2.32 bits per heavy atom. The van der Waals surface area contributed by atoms with Gasteiger partial charge in [0.2, 0.25) is 0 Å². The predicted molar refractivity (Wildman–Crippen MR) is 69.8 cm³/mol. The van der Waals surface area contributed by atoms with Crippen LogP contribution in [-0.4, -0.2) is 18.2 Å². The quantitative estimate of drug-likeness (QED) is 0.814. The normalized spacial score (nSPS) is 10.2. The Kier molecular flexibility index (Phi) is 3.70. The number of methoxy groups -OCH3 is 1. The molecule has 0 aliphatic heterocycles. The van der Waals surface area contributed by atoms with Crippen LogP contribution >= 0.6 is 0 Å². The lowest BCUT2D eigenvalue weighted by Crippen LogP contribution is -2.24. The average molecular weight is 261 g/mol.